The van der Waals surface area contributed by atoms with Gasteiger partial charge >= 0.3 is 6.18 Å². The summed E-state index contributed by atoms with van der Waals surface area (Å²) in [7, 11) is 1.01. The molecule has 2 unspecified atom stereocenters. The van der Waals surface area contributed by atoms with E-state index >= 15 is 0 Å². The van der Waals surface area contributed by atoms with E-state index in [1.165, 1.54) is 0 Å². The molecule has 54 valence electrons. The second kappa shape index (κ2) is 3.63. The molecule has 0 aliphatic heterocycles. The Hall–Kier alpha value is 0.644. The summed E-state index contributed by atoms with van der Waals surface area (Å²) in [5.41, 5.74) is 0. The molecule has 0 bridgehead atoms. The van der Waals surface area contributed by atoms with Crippen LogP contribution in [0.25, 0.3) is 0 Å². The van der Waals surface area contributed by atoms with Gasteiger partial charge in [0.1, 0.15) is 0 Å². The van der Waals surface area contributed by atoms with Crippen molar-refractivity contribution in [1.29, 1.82) is 0 Å². The van der Waals surface area contributed by atoms with Gasteiger partial charge in [0, 0.05) is 16.5 Å². The van der Waals surface area contributed by atoms with Crippen LogP contribution in [-0.2, 0) is 16.5 Å². The van der Waals surface area contributed by atoms with Crippen LogP contribution in [0.3, 0.4) is 0 Å². The van der Waals surface area contributed by atoms with Crippen molar-refractivity contribution < 1.29 is 34.1 Å². The molecule has 2 atom stereocenters. The molecule has 0 saturated heterocycles. The van der Waals surface area contributed by atoms with Gasteiger partial charge in [0.2, 0.25) is 5.91 Å². The van der Waals surface area contributed by atoms with E-state index in [9.17, 15) is 17.6 Å². The first-order valence-corrected chi connectivity index (χ1v) is 2.07. The van der Waals surface area contributed by atoms with Crippen molar-refractivity contribution >= 4 is 9.24 Å². The summed E-state index contributed by atoms with van der Waals surface area (Å²) in [6.45, 7) is 0. The Morgan fingerprint density at radius 2 is 1.38 bits per heavy atom. The van der Waals surface area contributed by atoms with Crippen LogP contribution in [0.2, 0.25) is 0 Å². The van der Waals surface area contributed by atoms with E-state index in [1.807, 2.05) is 0 Å². The molecule has 6 heteroatoms. The monoisotopic (exact) mass is 192 g/mol. The maximum absolute atomic E-state index is 11.0. The molecule has 0 aromatic heterocycles. The fourth-order valence-corrected chi connectivity index (χ4v) is 0. The topological polar surface area (TPSA) is 0 Å². The molecule has 0 saturated carbocycles. The Balaban J connectivity index is 0. The van der Waals surface area contributed by atoms with Crippen molar-refractivity contribution in [3.8, 4) is 0 Å². The number of hydrogen-bond acceptors (Lipinski definition) is 0. The Labute approximate surface area is 56.1 Å². The minimum atomic E-state index is -4.70. The van der Waals surface area contributed by atoms with E-state index < -0.39 is 12.1 Å². The van der Waals surface area contributed by atoms with Crippen LogP contribution in [0.1, 0.15) is 0 Å². The van der Waals surface area contributed by atoms with E-state index in [2.05, 4.69) is 0 Å². The third-order valence-corrected chi connectivity index (χ3v) is 0.691. The molecule has 0 aromatic carbocycles. The largest absolute Gasteiger partial charge is 0.423 e. The average molecular weight is 193 g/mol. The van der Waals surface area contributed by atoms with E-state index in [4.69, 9.17) is 0 Å². The average Bonchev–Trinajstić information content (AvgIpc) is 1.31. The van der Waals surface area contributed by atoms with Crippen molar-refractivity contribution in [3.63, 3.8) is 0 Å². The Morgan fingerprint density at radius 1 is 1.25 bits per heavy atom. The zero-order chi connectivity index (χ0) is 6.08. The van der Waals surface area contributed by atoms with E-state index in [0.29, 0.717) is 0 Å². The van der Waals surface area contributed by atoms with Gasteiger partial charge in [0.05, 0.1) is 0 Å². The summed E-state index contributed by atoms with van der Waals surface area (Å²) in [5, 5.41) is 0. The number of alkyl halides is 4. The van der Waals surface area contributed by atoms with E-state index in [0.717, 1.165) is 9.24 Å². The smallest absolute Gasteiger partial charge is 0.233 e. The molecule has 0 heterocycles. The molecule has 8 heavy (non-hydrogen) atoms. The molecule has 0 amide bonds. The zero-order valence-electron chi connectivity index (χ0n) is 3.48. The summed E-state index contributed by atoms with van der Waals surface area (Å²) < 4.78 is 43.4. The molecule has 0 spiro atoms. The van der Waals surface area contributed by atoms with Crippen LogP contribution in [-0.4, -0.2) is 12.1 Å². The van der Waals surface area contributed by atoms with E-state index in [-0.39, 0.29) is 16.5 Å². The van der Waals surface area contributed by atoms with Gasteiger partial charge in [-0.1, -0.05) is 9.24 Å². The van der Waals surface area contributed by atoms with Crippen LogP contribution >= 0.6 is 9.24 Å². The van der Waals surface area contributed by atoms with Gasteiger partial charge in [-0.3, -0.25) is 0 Å². The fraction of sp³-hybridized carbons (Fsp3) is 1.00. The normalized spacial score (nSPS) is 14.6. The molecular formula is C2H3F4NiP. The van der Waals surface area contributed by atoms with Crippen molar-refractivity contribution in [1.82, 2.24) is 0 Å². The third-order valence-electron chi connectivity index (χ3n) is 0.313. The standard InChI is InChI=1S/C2H3F4P.Ni/c3-1(7)2(4,5)6;/h1H,7H2;. The summed E-state index contributed by atoms with van der Waals surface area (Å²) in [4.78, 5) is 0. The second-order valence-corrected chi connectivity index (χ2v) is 1.53. The van der Waals surface area contributed by atoms with Crippen molar-refractivity contribution in [2.75, 3.05) is 0 Å². The number of rotatable bonds is 0. The van der Waals surface area contributed by atoms with Crippen molar-refractivity contribution in [3.05, 3.63) is 0 Å². The SMILES string of the molecule is FC(P)C(F)(F)F.[Ni]. The minimum absolute atomic E-state index is 0. The van der Waals surface area contributed by atoms with Crippen LogP contribution < -0.4 is 0 Å². The molecule has 0 aliphatic rings. The quantitative estimate of drug-likeness (QED) is 0.312. The maximum atomic E-state index is 11.0. The first-order valence-electron chi connectivity index (χ1n) is 1.41. The van der Waals surface area contributed by atoms with Gasteiger partial charge in [-0.25, -0.2) is 4.39 Å². The summed E-state index contributed by atoms with van der Waals surface area (Å²) >= 11 is 0. The van der Waals surface area contributed by atoms with Gasteiger partial charge in [-0.2, -0.15) is 13.2 Å². The van der Waals surface area contributed by atoms with Crippen LogP contribution in [0.15, 0.2) is 0 Å². The molecule has 0 radical (unpaired) electrons. The second-order valence-electron chi connectivity index (χ2n) is 0.943. The van der Waals surface area contributed by atoms with Crippen LogP contribution in [0.4, 0.5) is 17.6 Å². The molecule has 0 fully saturated rings. The Bertz CT molecular complexity index is 59.5. The predicted octanol–water partition coefficient (Wildman–Crippen LogP) is 1.72. The first-order chi connectivity index (χ1) is 2.94. The summed E-state index contributed by atoms with van der Waals surface area (Å²) in [6, 6.07) is 0. The van der Waals surface area contributed by atoms with Crippen molar-refractivity contribution in [2.24, 2.45) is 0 Å². The molecule has 0 nitrogen and oxygen atoms in total. The van der Waals surface area contributed by atoms with Crippen LogP contribution in [0.5, 0.6) is 0 Å². The third kappa shape index (κ3) is 4.79. The molecular weight excluding hydrogens is 190 g/mol. The molecule has 0 rings (SSSR count). The van der Waals surface area contributed by atoms with Gasteiger partial charge in [-0.05, 0) is 0 Å². The van der Waals surface area contributed by atoms with E-state index in [1.54, 1.807) is 0 Å². The fourth-order valence-electron chi connectivity index (χ4n) is 0. The molecule has 0 aromatic rings. The number of halogens is 4. The predicted molar refractivity (Wildman–Crippen MR) is 20.7 cm³/mol. The minimum Gasteiger partial charge on any atom is -0.233 e. The number of hydrogen-bond donors (Lipinski definition) is 0. The van der Waals surface area contributed by atoms with Gasteiger partial charge in [0.15, 0.2) is 0 Å². The van der Waals surface area contributed by atoms with Gasteiger partial charge in [0.25, 0.3) is 0 Å². The first kappa shape index (κ1) is 11.4. The maximum Gasteiger partial charge on any atom is 0.423 e. The summed E-state index contributed by atoms with van der Waals surface area (Å²) in [6.07, 6.45) is -4.70. The Morgan fingerprint density at radius 3 is 1.38 bits per heavy atom. The van der Waals surface area contributed by atoms with Gasteiger partial charge < -0.3 is 0 Å². The molecule has 0 aliphatic carbocycles. The molecule has 0 N–H and O–H groups in total. The van der Waals surface area contributed by atoms with Crippen molar-refractivity contribution in [2.45, 2.75) is 12.1 Å². The van der Waals surface area contributed by atoms with Gasteiger partial charge in [-0.15, -0.1) is 0 Å². The summed E-state index contributed by atoms with van der Waals surface area (Å²) in [5.74, 6) is -2.78. The Kier molecular flexibility index (Phi) is 5.19. The van der Waals surface area contributed by atoms with Crippen LogP contribution in [0, 0.1) is 0 Å². The zero-order valence-corrected chi connectivity index (χ0v) is 5.63.